The van der Waals surface area contributed by atoms with E-state index in [9.17, 15) is 18.8 Å². The van der Waals surface area contributed by atoms with Crippen molar-refractivity contribution in [3.8, 4) is 0 Å². The molecule has 1 atom stereocenters. The molecule has 0 spiro atoms. The van der Waals surface area contributed by atoms with E-state index >= 15 is 0 Å². The second-order valence-corrected chi connectivity index (χ2v) is 6.35. The van der Waals surface area contributed by atoms with Crippen LogP contribution in [0.4, 0.5) is 9.18 Å². The van der Waals surface area contributed by atoms with Crippen molar-refractivity contribution in [2.45, 2.75) is 12.8 Å². The molecule has 1 aromatic rings. The van der Waals surface area contributed by atoms with Gasteiger partial charge in [-0.1, -0.05) is 12.1 Å². The van der Waals surface area contributed by atoms with Crippen molar-refractivity contribution in [1.82, 2.24) is 15.1 Å². The van der Waals surface area contributed by atoms with Crippen LogP contribution < -0.4 is 5.32 Å². The van der Waals surface area contributed by atoms with Crippen molar-refractivity contribution in [2.75, 3.05) is 33.7 Å². The van der Waals surface area contributed by atoms with E-state index in [-0.39, 0.29) is 12.4 Å². The predicted octanol–water partition coefficient (Wildman–Crippen LogP) is 1.09. The van der Waals surface area contributed by atoms with Crippen LogP contribution in [-0.2, 0) is 16.0 Å². The molecule has 1 unspecified atom stereocenters. The molecular formula is C18H23FN4O3. The number of amides is 4. The normalized spacial score (nSPS) is 18.1. The molecule has 1 heterocycles. The van der Waals surface area contributed by atoms with E-state index < -0.39 is 23.8 Å². The van der Waals surface area contributed by atoms with Gasteiger partial charge in [-0.15, -0.1) is 0 Å². The number of nitrogens with zero attached hydrogens (tertiary/aromatic N) is 3. The second kappa shape index (κ2) is 9.19. The molecule has 7 nitrogen and oxygen atoms in total. The zero-order valence-electron chi connectivity index (χ0n) is 14.9. The molecule has 0 bridgehead atoms. The van der Waals surface area contributed by atoms with Gasteiger partial charge in [-0.05, 0) is 51.2 Å². The molecular weight excluding hydrogens is 339 g/mol. The summed E-state index contributed by atoms with van der Waals surface area (Å²) in [6.45, 7) is 1.46. The summed E-state index contributed by atoms with van der Waals surface area (Å²) in [7, 11) is 3.90. The Morgan fingerprint density at radius 1 is 1.23 bits per heavy atom. The van der Waals surface area contributed by atoms with Crippen molar-refractivity contribution in [3.05, 3.63) is 35.6 Å². The maximum atomic E-state index is 12.9. The van der Waals surface area contributed by atoms with Crippen LogP contribution in [0.5, 0.6) is 0 Å². The van der Waals surface area contributed by atoms with Crippen LogP contribution in [0.25, 0.3) is 0 Å². The number of carbonyl (C=O) groups is 3. The Hall–Kier alpha value is -2.61. The van der Waals surface area contributed by atoms with Crippen molar-refractivity contribution in [3.63, 3.8) is 0 Å². The molecule has 0 saturated carbocycles. The van der Waals surface area contributed by atoms with Gasteiger partial charge in [-0.2, -0.15) is 0 Å². The minimum atomic E-state index is -1.10. The predicted molar refractivity (Wildman–Crippen MR) is 95.4 cm³/mol. The minimum absolute atomic E-state index is 0.106. The number of imide groups is 2. The molecule has 2 rings (SSSR count). The van der Waals surface area contributed by atoms with Gasteiger partial charge >= 0.3 is 6.03 Å². The number of hydrogen-bond donors (Lipinski definition) is 1. The SMILES string of the molecule is CN(C)CCCN=CC1C(=O)NC(=O)N(CCc2ccc(F)cc2)C1=O. The summed E-state index contributed by atoms with van der Waals surface area (Å²) in [5.74, 6) is -2.69. The number of nitrogens with one attached hydrogen (secondary N) is 1. The number of benzene rings is 1. The molecule has 1 saturated heterocycles. The van der Waals surface area contributed by atoms with Crippen molar-refractivity contribution in [1.29, 1.82) is 0 Å². The van der Waals surface area contributed by atoms with Gasteiger partial charge in [0.25, 0.3) is 0 Å². The third-order valence-corrected chi connectivity index (χ3v) is 3.97. The Balaban J connectivity index is 1.95. The Bertz CT molecular complexity index is 688. The molecule has 8 heteroatoms. The molecule has 140 valence electrons. The van der Waals surface area contributed by atoms with E-state index in [0.29, 0.717) is 13.0 Å². The van der Waals surface area contributed by atoms with Gasteiger partial charge < -0.3 is 4.90 Å². The highest BCUT2D eigenvalue weighted by atomic mass is 19.1. The van der Waals surface area contributed by atoms with Crippen LogP contribution in [0.15, 0.2) is 29.3 Å². The molecule has 0 aliphatic carbocycles. The van der Waals surface area contributed by atoms with Crippen LogP contribution in [0.3, 0.4) is 0 Å². The van der Waals surface area contributed by atoms with Crippen LogP contribution >= 0.6 is 0 Å². The lowest BCUT2D eigenvalue weighted by molar-refractivity contribution is -0.139. The number of urea groups is 1. The fourth-order valence-corrected chi connectivity index (χ4v) is 2.52. The van der Waals surface area contributed by atoms with Gasteiger partial charge in [0.2, 0.25) is 11.8 Å². The monoisotopic (exact) mass is 362 g/mol. The number of barbiturate groups is 1. The second-order valence-electron chi connectivity index (χ2n) is 6.35. The molecule has 1 aliphatic rings. The molecule has 1 aromatic carbocycles. The summed E-state index contributed by atoms with van der Waals surface area (Å²) in [5.41, 5.74) is 0.790. The average Bonchev–Trinajstić information content (AvgIpc) is 2.58. The lowest BCUT2D eigenvalue weighted by atomic mass is 10.1. The highest BCUT2D eigenvalue weighted by Gasteiger charge is 2.39. The van der Waals surface area contributed by atoms with Gasteiger partial charge in [0.05, 0.1) is 0 Å². The van der Waals surface area contributed by atoms with E-state index in [1.807, 2.05) is 19.0 Å². The van der Waals surface area contributed by atoms with E-state index in [0.717, 1.165) is 23.4 Å². The van der Waals surface area contributed by atoms with Gasteiger partial charge in [-0.25, -0.2) is 9.18 Å². The topological polar surface area (TPSA) is 82.1 Å². The Kier molecular flexibility index (Phi) is 6.97. The zero-order chi connectivity index (χ0) is 19.1. The maximum Gasteiger partial charge on any atom is 0.330 e. The molecule has 4 amide bonds. The first-order valence-electron chi connectivity index (χ1n) is 8.44. The third kappa shape index (κ3) is 5.45. The van der Waals surface area contributed by atoms with Gasteiger partial charge in [-0.3, -0.25) is 24.8 Å². The van der Waals surface area contributed by atoms with Gasteiger partial charge in [0.1, 0.15) is 5.82 Å². The number of carbonyl (C=O) groups excluding carboxylic acids is 3. The van der Waals surface area contributed by atoms with Crippen LogP contribution in [0, 0.1) is 11.7 Å². The first kappa shape index (κ1) is 19.7. The van der Waals surface area contributed by atoms with Crippen molar-refractivity contribution in [2.24, 2.45) is 10.9 Å². The van der Waals surface area contributed by atoms with Crippen LogP contribution in [0.1, 0.15) is 12.0 Å². The minimum Gasteiger partial charge on any atom is -0.309 e. The molecule has 0 aromatic heterocycles. The summed E-state index contributed by atoms with van der Waals surface area (Å²) >= 11 is 0. The van der Waals surface area contributed by atoms with Crippen LogP contribution in [-0.4, -0.2) is 67.6 Å². The molecule has 1 N–H and O–H groups in total. The lowest BCUT2D eigenvalue weighted by Gasteiger charge is -2.28. The highest BCUT2D eigenvalue weighted by Crippen LogP contribution is 2.11. The standard InChI is InChI=1S/C18H23FN4O3/c1-22(2)10-3-9-20-12-15-16(24)21-18(26)23(17(15)25)11-8-13-4-6-14(19)7-5-13/h4-7,12,15H,3,8-11H2,1-2H3,(H,21,24,26). The smallest absolute Gasteiger partial charge is 0.309 e. The highest BCUT2D eigenvalue weighted by molar-refractivity contribution is 6.23. The Morgan fingerprint density at radius 2 is 1.92 bits per heavy atom. The first-order chi connectivity index (χ1) is 12.4. The summed E-state index contributed by atoms with van der Waals surface area (Å²) in [6, 6.07) is 5.09. The molecule has 0 radical (unpaired) electrons. The molecule has 1 aliphatic heterocycles. The summed E-state index contributed by atoms with van der Waals surface area (Å²) in [4.78, 5) is 43.5. The summed E-state index contributed by atoms with van der Waals surface area (Å²) < 4.78 is 12.9. The Morgan fingerprint density at radius 3 is 2.58 bits per heavy atom. The number of halogens is 1. The fraction of sp³-hybridized carbons (Fsp3) is 0.444. The lowest BCUT2D eigenvalue weighted by Crippen LogP contribution is -2.58. The largest absolute Gasteiger partial charge is 0.330 e. The van der Waals surface area contributed by atoms with E-state index in [2.05, 4.69) is 10.3 Å². The van der Waals surface area contributed by atoms with E-state index in [4.69, 9.17) is 0 Å². The van der Waals surface area contributed by atoms with Gasteiger partial charge in [0.15, 0.2) is 5.92 Å². The van der Waals surface area contributed by atoms with E-state index in [1.54, 1.807) is 12.1 Å². The average molecular weight is 362 g/mol. The van der Waals surface area contributed by atoms with Crippen molar-refractivity contribution < 1.29 is 18.8 Å². The summed E-state index contributed by atoms with van der Waals surface area (Å²) in [6.07, 6.45) is 2.49. The Labute approximate surface area is 151 Å². The molecule has 1 fully saturated rings. The maximum absolute atomic E-state index is 12.9. The van der Waals surface area contributed by atoms with Gasteiger partial charge in [0, 0.05) is 19.3 Å². The van der Waals surface area contributed by atoms with Crippen molar-refractivity contribution >= 4 is 24.1 Å². The quantitative estimate of drug-likeness (QED) is 0.426. The fourth-order valence-electron chi connectivity index (χ4n) is 2.52. The molecule has 26 heavy (non-hydrogen) atoms. The number of rotatable bonds is 8. The number of aliphatic imine (C=N–C) groups is 1. The summed E-state index contributed by atoms with van der Waals surface area (Å²) in [5, 5.41) is 2.18. The van der Waals surface area contributed by atoms with E-state index in [1.165, 1.54) is 18.3 Å². The third-order valence-electron chi connectivity index (χ3n) is 3.97. The first-order valence-corrected chi connectivity index (χ1v) is 8.44. The van der Waals surface area contributed by atoms with Crippen LogP contribution in [0.2, 0.25) is 0 Å². The zero-order valence-corrected chi connectivity index (χ0v) is 14.9. The number of hydrogen-bond acceptors (Lipinski definition) is 5.